The second kappa shape index (κ2) is 7.91. The standard InChI is InChI=1S/C17H15FN2O2/c18-15-12-11-14(19-16(15)17(21)20-22)10-6-2-5-9-13-7-3-1-4-8-13/h1,3-4,7-8,11-12,22H,2,5,9H2,(H,20,21). The van der Waals surface area contributed by atoms with Gasteiger partial charge in [0.05, 0.1) is 0 Å². The molecule has 4 nitrogen and oxygen atoms in total. The van der Waals surface area contributed by atoms with Crippen LogP contribution in [0.15, 0.2) is 42.5 Å². The van der Waals surface area contributed by atoms with Crippen molar-refractivity contribution in [2.24, 2.45) is 0 Å². The first-order chi connectivity index (χ1) is 10.7. The molecule has 0 fully saturated rings. The van der Waals surface area contributed by atoms with Crippen molar-refractivity contribution in [2.75, 3.05) is 0 Å². The first-order valence-electron chi connectivity index (χ1n) is 6.84. The second-order valence-electron chi connectivity index (χ2n) is 4.61. The first-order valence-corrected chi connectivity index (χ1v) is 6.84. The molecule has 1 amide bonds. The maximum Gasteiger partial charge on any atom is 0.296 e. The lowest BCUT2D eigenvalue weighted by molar-refractivity contribution is 0.0695. The molecule has 0 saturated heterocycles. The number of benzene rings is 1. The maximum atomic E-state index is 13.4. The third-order valence-corrected chi connectivity index (χ3v) is 2.99. The minimum Gasteiger partial charge on any atom is -0.288 e. The number of aryl methyl sites for hydroxylation is 1. The van der Waals surface area contributed by atoms with Gasteiger partial charge in [0.15, 0.2) is 11.5 Å². The summed E-state index contributed by atoms with van der Waals surface area (Å²) in [5, 5.41) is 8.52. The predicted molar refractivity (Wildman–Crippen MR) is 79.7 cm³/mol. The molecule has 2 N–H and O–H groups in total. The third-order valence-electron chi connectivity index (χ3n) is 2.99. The minimum atomic E-state index is -0.995. The number of pyridine rings is 1. The molecule has 0 unspecified atom stereocenters. The van der Waals surface area contributed by atoms with Crippen LogP contribution in [0.5, 0.6) is 0 Å². The van der Waals surface area contributed by atoms with Crippen molar-refractivity contribution in [1.82, 2.24) is 10.5 Å². The number of hydrogen-bond donors (Lipinski definition) is 2. The summed E-state index contributed by atoms with van der Waals surface area (Å²) in [6.45, 7) is 0. The molecule has 2 aromatic rings. The van der Waals surface area contributed by atoms with Gasteiger partial charge >= 0.3 is 0 Å². The summed E-state index contributed by atoms with van der Waals surface area (Å²) in [7, 11) is 0. The predicted octanol–water partition coefficient (Wildman–Crippen LogP) is 2.71. The van der Waals surface area contributed by atoms with E-state index < -0.39 is 17.4 Å². The van der Waals surface area contributed by atoms with Crippen molar-refractivity contribution in [2.45, 2.75) is 19.3 Å². The summed E-state index contributed by atoms with van der Waals surface area (Å²) in [4.78, 5) is 15.0. The van der Waals surface area contributed by atoms with Gasteiger partial charge in [0, 0.05) is 6.42 Å². The lowest BCUT2D eigenvalue weighted by atomic mass is 10.1. The lowest BCUT2D eigenvalue weighted by Gasteiger charge is -2.00. The fourth-order valence-corrected chi connectivity index (χ4v) is 1.90. The van der Waals surface area contributed by atoms with Crippen molar-refractivity contribution in [3.8, 4) is 11.8 Å². The Labute approximate surface area is 128 Å². The molecule has 0 atom stereocenters. The summed E-state index contributed by atoms with van der Waals surface area (Å²) in [6, 6.07) is 12.6. The van der Waals surface area contributed by atoms with Gasteiger partial charge in [-0.15, -0.1) is 0 Å². The molecule has 22 heavy (non-hydrogen) atoms. The molecular formula is C17H15FN2O2. The average Bonchev–Trinajstić information content (AvgIpc) is 2.56. The van der Waals surface area contributed by atoms with E-state index in [1.165, 1.54) is 17.1 Å². The number of halogens is 1. The molecule has 112 valence electrons. The number of amides is 1. The molecule has 0 saturated carbocycles. The topological polar surface area (TPSA) is 62.2 Å². The number of unbranched alkanes of at least 4 members (excludes halogenated alkanes) is 1. The summed E-state index contributed by atoms with van der Waals surface area (Å²) in [6.07, 6.45) is 2.52. The Morgan fingerprint density at radius 2 is 2.00 bits per heavy atom. The fraction of sp³-hybridized carbons (Fsp3) is 0.176. The van der Waals surface area contributed by atoms with Gasteiger partial charge < -0.3 is 0 Å². The van der Waals surface area contributed by atoms with Crippen LogP contribution in [0, 0.1) is 17.7 Å². The van der Waals surface area contributed by atoms with E-state index in [1.54, 1.807) is 0 Å². The highest BCUT2D eigenvalue weighted by Gasteiger charge is 2.12. The number of hydrogen-bond acceptors (Lipinski definition) is 3. The Bertz CT molecular complexity index is 706. The van der Waals surface area contributed by atoms with Gasteiger partial charge in [0.2, 0.25) is 0 Å². The van der Waals surface area contributed by atoms with Crippen LogP contribution in [0.1, 0.15) is 34.6 Å². The molecule has 0 spiro atoms. The van der Waals surface area contributed by atoms with Crippen LogP contribution in [-0.4, -0.2) is 16.1 Å². The Balaban J connectivity index is 1.93. The lowest BCUT2D eigenvalue weighted by Crippen LogP contribution is -2.21. The van der Waals surface area contributed by atoms with E-state index in [0.717, 1.165) is 18.9 Å². The van der Waals surface area contributed by atoms with Crippen LogP contribution in [0.25, 0.3) is 0 Å². The highest BCUT2D eigenvalue weighted by molar-refractivity contribution is 5.91. The Kier molecular flexibility index (Phi) is 5.64. The van der Waals surface area contributed by atoms with Crippen molar-refractivity contribution >= 4 is 5.91 Å². The monoisotopic (exact) mass is 298 g/mol. The number of carbonyl (C=O) groups is 1. The summed E-state index contributed by atoms with van der Waals surface area (Å²) >= 11 is 0. The average molecular weight is 298 g/mol. The Morgan fingerprint density at radius 1 is 1.23 bits per heavy atom. The normalized spacial score (nSPS) is 9.73. The SMILES string of the molecule is O=C(NO)c1nc(C#CCCCc2ccccc2)ccc1F. The molecular weight excluding hydrogens is 283 g/mol. The summed E-state index contributed by atoms with van der Waals surface area (Å²) in [5.74, 6) is 3.93. The van der Waals surface area contributed by atoms with Gasteiger partial charge in [0.1, 0.15) is 5.69 Å². The van der Waals surface area contributed by atoms with E-state index in [-0.39, 0.29) is 0 Å². The molecule has 0 aliphatic rings. The van der Waals surface area contributed by atoms with Gasteiger partial charge in [-0.2, -0.15) is 0 Å². The molecule has 0 aliphatic carbocycles. The van der Waals surface area contributed by atoms with Gasteiger partial charge in [0.25, 0.3) is 5.91 Å². The van der Waals surface area contributed by atoms with Crippen LogP contribution in [0.3, 0.4) is 0 Å². The number of hydroxylamine groups is 1. The number of nitrogens with zero attached hydrogens (tertiary/aromatic N) is 1. The third kappa shape index (κ3) is 4.40. The van der Waals surface area contributed by atoms with Gasteiger partial charge in [-0.05, 0) is 36.5 Å². The van der Waals surface area contributed by atoms with Gasteiger partial charge in [-0.1, -0.05) is 36.3 Å². The van der Waals surface area contributed by atoms with E-state index in [1.807, 2.05) is 18.2 Å². The smallest absolute Gasteiger partial charge is 0.288 e. The van der Waals surface area contributed by atoms with E-state index in [4.69, 9.17) is 5.21 Å². The molecule has 5 heteroatoms. The zero-order valence-corrected chi connectivity index (χ0v) is 11.8. The van der Waals surface area contributed by atoms with Crippen molar-refractivity contribution in [3.05, 3.63) is 65.2 Å². The minimum absolute atomic E-state index is 0.291. The molecule has 0 aliphatic heterocycles. The molecule has 1 aromatic carbocycles. The van der Waals surface area contributed by atoms with E-state index in [9.17, 15) is 9.18 Å². The van der Waals surface area contributed by atoms with E-state index in [2.05, 4.69) is 29.0 Å². The Hall–Kier alpha value is -2.71. The first kappa shape index (κ1) is 15.7. The van der Waals surface area contributed by atoms with Gasteiger partial charge in [-0.3, -0.25) is 10.0 Å². The number of carbonyl (C=O) groups excluding carboxylic acids is 1. The quantitative estimate of drug-likeness (QED) is 0.395. The molecule has 2 rings (SSSR count). The molecule has 1 heterocycles. The number of aromatic nitrogens is 1. The molecule has 0 bridgehead atoms. The van der Waals surface area contributed by atoms with Crippen LogP contribution < -0.4 is 5.48 Å². The molecule has 0 radical (unpaired) electrons. The Morgan fingerprint density at radius 3 is 2.73 bits per heavy atom. The van der Waals surface area contributed by atoms with Crippen LogP contribution >= 0.6 is 0 Å². The van der Waals surface area contributed by atoms with Gasteiger partial charge in [-0.25, -0.2) is 14.9 Å². The number of nitrogens with one attached hydrogen (secondary N) is 1. The summed E-state index contributed by atoms with van der Waals surface area (Å²) < 4.78 is 13.4. The number of rotatable bonds is 4. The van der Waals surface area contributed by atoms with E-state index in [0.29, 0.717) is 12.1 Å². The largest absolute Gasteiger partial charge is 0.296 e. The zero-order valence-electron chi connectivity index (χ0n) is 11.8. The second-order valence-corrected chi connectivity index (χ2v) is 4.61. The zero-order chi connectivity index (χ0) is 15.8. The summed E-state index contributed by atoms with van der Waals surface area (Å²) in [5.41, 5.74) is 2.43. The van der Waals surface area contributed by atoms with Crippen molar-refractivity contribution in [3.63, 3.8) is 0 Å². The van der Waals surface area contributed by atoms with Crippen LogP contribution in [-0.2, 0) is 6.42 Å². The van der Waals surface area contributed by atoms with Crippen LogP contribution in [0.4, 0.5) is 4.39 Å². The maximum absolute atomic E-state index is 13.4. The highest BCUT2D eigenvalue weighted by atomic mass is 19.1. The van der Waals surface area contributed by atoms with Crippen LogP contribution in [0.2, 0.25) is 0 Å². The highest BCUT2D eigenvalue weighted by Crippen LogP contribution is 2.06. The van der Waals surface area contributed by atoms with Crippen molar-refractivity contribution in [1.29, 1.82) is 0 Å². The molecule has 1 aromatic heterocycles. The fourth-order valence-electron chi connectivity index (χ4n) is 1.90. The van der Waals surface area contributed by atoms with E-state index >= 15 is 0 Å². The van der Waals surface area contributed by atoms with Crippen molar-refractivity contribution < 1.29 is 14.4 Å².